The van der Waals surface area contributed by atoms with Crippen LogP contribution >= 0.6 is 33.9 Å². The van der Waals surface area contributed by atoms with E-state index in [9.17, 15) is 9.59 Å². The summed E-state index contributed by atoms with van der Waals surface area (Å²) < 4.78 is 5.87. The summed E-state index contributed by atoms with van der Waals surface area (Å²) >= 11 is 3.59. The lowest BCUT2D eigenvalue weighted by Gasteiger charge is -2.26. The van der Waals surface area contributed by atoms with Crippen molar-refractivity contribution in [3.63, 3.8) is 0 Å². The van der Waals surface area contributed by atoms with Gasteiger partial charge in [0.2, 0.25) is 0 Å². The number of furan rings is 1. The third kappa shape index (κ3) is 3.38. The van der Waals surface area contributed by atoms with Gasteiger partial charge in [0.1, 0.15) is 6.26 Å². The minimum atomic E-state index is -0.253. The summed E-state index contributed by atoms with van der Waals surface area (Å²) in [5.74, 6) is -0.227. The van der Waals surface area contributed by atoms with Crippen molar-refractivity contribution >= 4 is 50.9 Å². The van der Waals surface area contributed by atoms with Crippen LogP contribution in [0.15, 0.2) is 47.3 Å². The molecule has 0 aliphatic carbocycles. The highest BCUT2D eigenvalue weighted by Gasteiger charge is 2.26. The van der Waals surface area contributed by atoms with Crippen molar-refractivity contribution in [2.75, 3.05) is 11.9 Å². The first kappa shape index (κ1) is 17.2. The van der Waals surface area contributed by atoms with Gasteiger partial charge in [0.05, 0.1) is 29.6 Å². The van der Waals surface area contributed by atoms with E-state index >= 15 is 0 Å². The zero-order valence-electron chi connectivity index (χ0n) is 13.6. The Balaban J connectivity index is 1.49. The number of halogens is 1. The highest BCUT2D eigenvalue weighted by atomic mass is 127. The van der Waals surface area contributed by atoms with Gasteiger partial charge in [-0.3, -0.25) is 14.9 Å². The number of benzene rings is 1. The van der Waals surface area contributed by atoms with Crippen LogP contribution < -0.4 is 5.32 Å². The van der Waals surface area contributed by atoms with Gasteiger partial charge in [-0.1, -0.05) is 23.5 Å². The summed E-state index contributed by atoms with van der Waals surface area (Å²) in [5.41, 5.74) is 2.12. The van der Waals surface area contributed by atoms with E-state index in [1.807, 2.05) is 29.2 Å². The lowest BCUT2D eigenvalue weighted by Crippen LogP contribution is -2.35. The molecule has 0 bridgehead atoms. The van der Waals surface area contributed by atoms with E-state index in [-0.39, 0.29) is 11.8 Å². The lowest BCUT2D eigenvalue weighted by atomic mass is 10.1. The third-order valence-corrected chi connectivity index (χ3v) is 6.07. The summed E-state index contributed by atoms with van der Waals surface area (Å²) in [4.78, 5) is 32.3. The van der Waals surface area contributed by atoms with Gasteiger partial charge in [-0.05, 0) is 40.8 Å². The zero-order valence-corrected chi connectivity index (χ0v) is 16.5. The second-order valence-corrected chi connectivity index (χ2v) is 8.06. The van der Waals surface area contributed by atoms with Crippen molar-refractivity contribution in [1.82, 2.24) is 9.88 Å². The number of aromatic nitrogens is 1. The van der Waals surface area contributed by atoms with Gasteiger partial charge in [0, 0.05) is 21.4 Å². The molecule has 0 spiro atoms. The molecule has 26 heavy (non-hydrogen) atoms. The van der Waals surface area contributed by atoms with Gasteiger partial charge < -0.3 is 9.32 Å². The molecule has 3 heterocycles. The fraction of sp³-hybridized carbons (Fsp3) is 0.167. The Kier molecular flexibility index (Phi) is 4.77. The molecule has 4 rings (SSSR count). The number of anilines is 1. The van der Waals surface area contributed by atoms with Crippen LogP contribution in [0, 0.1) is 3.57 Å². The van der Waals surface area contributed by atoms with Crippen molar-refractivity contribution in [3.8, 4) is 0 Å². The number of fused-ring (bicyclic) bond motifs is 1. The monoisotopic (exact) mass is 479 g/mol. The number of carbonyl (C=O) groups is 2. The van der Waals surface area contributed by atoms with E-state index in [1.165, 1.54) is 23.9 Å². The smallest absolute Gasteiger partial charge is 0.260 e. The molecule has 0 saturated carbocycles. The van der Waals surface area contributed by atoms with Crippen molar-refractivity contribution in [1.29, 1.82) is 0 Å². The predicted molar refractivity (Wildman–Crippen MR) is 106 cm³/mol. The molecule has 0 atom stereocenters. The Morgan fingerprint density at radius 2 is 2.12 bits per heavy atom. The fourth-order valence-electron chi connectivity index (χ4n) is 2.79. The van der Waals surface area contributed by atoms with Crippen molar-refractivity contribution in [2.24, 2.45) is 0 Å². The van der Waals surface area contributed by atoms with E-state index in [1.54, 1.807) is 6.07 Å². The van der Waals surface area contributed by atoms with Gasteiger partial charge in [0.15, 0.2) is 5.13 Å². The Labute approximate surface area is 167 Å². The summed E-state index contributed by atoms with van der Waals surface area (Å²) in [6.07, 6.45) is 3.53. The van der Waals surface area contributed by atoms with Crippen molar-refractivity contribution < 1.29 is 14.0 Å². The van der Waals surface area contributed by atoms with Crippen LogP contribution in [-0.4, -0.2) is 28.2 Å². The van der Waals surface area contributed by atoms with Crippen LogP contribution in [0.2, 0.25) is 0 Å². The molecule has 0 radical (unpaired) electrons. The van der Waals surface area contributed by atoms with Crippen molar-refractivity contribution in [2.45, 2.75) is 13.0 Å². The Bertz CT molecular complexity index is 968. The first-order chi connectivity index (χ1) is 12.6. The number of hydrogen-bond acceptors (Lipinski definition) is 5. The highest BCUT2D eigenvalue weighted by molar-refractivity contribution is 14.1. The second kappa shape index (κ2) is 7.20. The van der Waals surface area contributed by atoms with Gasteiger partial charge >= 0.3 is 0 Å². The second-order valence-electron chi connectivity index (χ2n) is 5.81. The summed E-state index contributed by atoms with van der Waals surface area (Å²) in [6, 6.07) is 9.18. The van der Waals surface area contributed by atoms with E-state index in [0.29, 0.717) is 30.2 Å². The number of hydrogen-bond donors (Lipinski definition) is 1. The number of nitrogens with one attached hydrogen (secondary N) is 1. The SMILES string of the molecule is O=C(Nc1nc2c(s1)CN(C(=O)c1ccccc1I)CC2)c1ccoc1. The van der Waals surface area contributed by atoms with E-state index in [0.717, 1.165) is 19.7 Å². The van der Waals surface area contributed by atoms with Crippen LogP contribution in [0.3, 0.4) is 0 Å². The minimum Gasteiger partial charge on any atom is -0.472 e. The molecule has 2 aromatic heterocycles. The first-order valence-corrected chi connectivity index (χ1v) is 9.87. The molecule has 1 aliphatic rings. The van der Waals surface area contributed by atoms with E-state index in [4.69, 9.17) is 4.42 Å². The minimum absolute atomic E-state index is 0.0260. The van der Waals surface area contributed by atoms with Gasteiger partial charge in [0.25, 0.3) is 11.8 Å². The Hall–Kier alpha value is -2.20. The Morgan fingerprint density at radius 3 is 2.88 bits per heavy atom. The maximum atomic E-state index is 12.8. The van der Waals surface area contributed by atoms with Crippen LogP contribution in [-0.2, 0) is 13.0 Å². The highest BCUT2D eigenvalue weighted by Crippen LogP contribution is 2.29. The molecule has 0 saturated heterocycles. The van der Waals surface area contributed by atoms with Gasteiger partial charge in [-0.15, -0.1) is 0 Å². The molecule has 8 heteroatoms. The molecule has 0 unspecified atom stereocenters. The molecule has 1 N–H and O–H groups in total. The molecular formula is C18H14IN3O3S. The van der Waals surface area contributed by atoms with Gasteiger partial charge in [-0.25, -0.2) is 4.98 Å². The number of nitrogens with zero attached hydrogens (tertiary/aromatic N) is 2. The molecule has 1 aliphatic heterocycles. The number of amides is 2. The fourth-order valence-corrected chi connectivity index (χ4v) is 4.43. The van der Waals surface area contributed by atoms with Crippen LogP contribution in [0.1, 0.15) is 31.3 Å². The summed E-state index contributed by atoms with van der Waals surface area (Å²) in [5, 5.41) is 3.34. The Morgan fingerprint density at radius 1 is 1.27 bits per heavy atom. The van der Waals surface area contributed by atoms with Crippen molar-refractivity contribution in [3.05, 3.63) is 68.1 Å². The lowest BCUT2D eigenvalue weighted by molar-refractivity contribution is 0.0735. The number of carbonyl (C=O) groups excluding carboxylic acids is 2. The quantitative estimate of drug-likeness (QED) is 0.581. The standard InChI is InChI=1S/C18H14IN3O3S/c19-13-4-2-1-3-12(13)17(24)22-7-5-14-15(9-22)26-18(20-14)21-16(23)11-6-8-25-10-11/h1-4,6,8,10H,5,7,9H2,(H,20,21,23). The number of rotatable bonds is 3. The molecule has 3 aromatic rings. The molecule has 0 fully saturated rings. The average molecular weight is 479 g/mol. The molecule has 1 aromatic carbocycles. The van der Waals surface area contributed by atoms with Crippen LogP contribution in [0.5, 0.6) is 0 Å². The normalized spacial score (nSPS) is 13.3. The number of thiazole rings is 1. The third-order valence-electron chi connectivity index (χ3n) is 4.13. The van der Waals surface area contributed by atoms with E-state index in [2.05, 4.69) is 32.9 Å². The molecule has 6 nitrogen and oxygen atoms in total. The summed E-state index contributed by atoms with van der Waals surface area (Å²) in [7, 11) is 0. The average Bonchev–Trinajstić information content (AvgIpc) is 3.30. The molecule has 2 amide bonds. The zero-order chi connectivity index (χ0) is 18.1. The maximum absolute atomic E-state index is 12.8. The van der Waals surface area contributed by atoms with Crippen LogP contribution in [0.25, 0.3) is 0 Å². The molecule has 132 valence electrons. The topological polar surface area (TPSA) is 75.4 Å². The summed E-state index contributed by atoms with van der Waals surface area (Å²) in [6.45, 7) is 1.13. The largest absolute Gasteiger partial charge is 0.472 e. The van der Waals surface area contributed by atoms with Crippen LogP contribution in [0.4, 0.5) is 5.13 Å². The predicted octanol–water partition coefficient (Wildman–Crippen LogP) is 3.79. The molecular weight excluding hydrogens is 465 g/mol. The maximum Gasteiger partial charge on any atom is 0.260 e. The van der Waals surface area contributed by atoms with Gasteiger partial charge in [-0.2, -0.15) is 0 Å². The van der Waals surface area contributed by atoms with E-state index < -0.39 is 0 Å². The first-order valence-electron chi connectivity index (χ1n) is 7.98.